The fourth-order valence-electron chi connectivity index (χ4n) is 5.47. The van der Waals surface area contributed by atoms with Gasteiger partial charge in [0.25, 0.3) is 17.7 Å². The fraction of sp³-hybridized carbons (Fsp3) is 0.182. The van der Waals surface area contributed by atoms with Gasteiger partial charge in [-0.15, -0.1) is 5.10 Å². The molecule has 0 fully saturated rings. The lowest BCUT2D eigenvalue weighted by Crippen LogP contribution is -2.52. The van der Waals surface area contributed by atoms with Gasteiger partial charge < -0.3 is 41.4 Å². The Morgan fingerprint density at radius 3 is 1.61 bits per heavy atom. The molecule has 13 N–H and O–H groups in total. The van der Waals surface area contributed by atoms with E-state index in [0.717, 1.165) is 35.2 Å². The zero-order valence-corrected chi connectivity index (χ0v) is 38.0. The van der Waals surface area contributed by atoms with Gasteiger partial charge in [0.15, 0.2) is 29.2 Å². The zero-order chi connectivity index (χ0) is 51.7. The molecular weight excluding hydrogens is 951 g/mol. The molecule has 6 aromatic rings. The predicted molar refractivity (Wildman–Crippen MR) is 249 cm³/mol. The van der Waals surface area contributed by atoms with Crippen LogP contribution in [0.2, 0.25) is 10.0 Å². The lowest BCUT2D eigenvalue weighted by atomic mass is 10.1. The number of aromatic nitrogens is 3. The minimum atomic E-state index is -1.16. The third kappa shape index (κ3) is 15.1. The molecule has 362 valence electrons. The second-order valence-corrected chi connectivity index (χ2v) is 14.9. The van der Waals surface area contributed by atoms with Crippen molar-refractivity contribution in [3.05, 3.63) is 152 Å². The lowest BCUT2D eigenvalue weighted by molar-refractivity contribution is -0.140. The third-order valence-corrected chi connectivity index (χ3v) is 10.2. The van der Waals surface area contributed by atoms with Gasteiger partial charge in [-0.2, -0.15) is 0 Å². The maximum absolute atomic E-state index is 13.1. The van der Waals surface area contributed by atoms with E-state index in [-0.39, 0.29) is 26.9 Å². The number of benzene rings is 5. The Balaban J connectivity index is 0.000000266. The Morgan fingerprint density at radius 1 is 0.725 bits per heavy atom. The first-order chi connectivity index (χ1) is 32.6. The molecular formula is C44H43Cl2F2N11O10. The molecule has 1 heterocycles. The summed E-state index contributed by atoms with van der Waals surface area (Å²) in [6, 6.07) is 17.2. The first kappa shape index (κ1) is 55.0. The number of hydrazine groups is 2. The van der Waals surface area contributed by atoms with E-state index in [1.165, 1.54) is 32.0 Å². The first-order valence-electron chi connectivity index (χ1n) is 19.6. The molecule has 5 aromatic carbocycles. The SMILES string of the molecule is NNC(=O)c1ccc(F)c(O)c1.On1nnc2ccccc21.[C-]#[N+]c1ccc(N[C@@H](C(=O)NNC(=O)c2ccc(F)c(O)c2)[C@@H](C)O)c(C)c1Cl.[C-]#[N+]c1ccc(N[C@@H](C(=O)O)[C@@H](C)O)c(C)c1Cl. The average molecular weight is 995 g/mol. The summed E-state index contributed by atoms with van der Waals surface area (Å²) in [5, 5.41) is 68.6. The van der Waals surface area contributed by atoms with Gasteiger partial charge in [-0.05, 0) is 105 Å². The number of carbonyl (C=O) groups excluding carboxylic acids is 3. The molecule has 0 bridgehead atoms. The number of nitrogen functional groups attached to an aromatic ring is 1. The zero-order valence-electron chi connectivity index (χ0n) is 36.5. The van der Waals surface area contributed by atoms with E-state index in [2.05, 4.69) is 41.5 Å². The number of carboxylic acids is 1. The summed E-state index contributed by atoms with van der Waals surface area (Å²) in [6.45, 7) is 20.1. The molecule has 21 nitrogen and oxygen atoms in total. The molecule has 25 heteroatoms. The number of nitrogens with two attached hydrogens (primary N) is 1. The van der Waals surface area contributed by atoms with Crippen LogP contribution in [-0.4, -0.2) is 93.9 Å². The van der Waals surface area contributed by atoms with Crippen LogP contribution < -0.4 is 32.8 Å². The number of phenols is 2. The van der Waals surface area contributed by atoms with Crippen molar-refractivity contribution in [1.29, 1.82) is 0 Å². The maximum atomic E-state index is 13.1. The van der Waals surface area contributed by atoms with E-state index >= 15 is 0 Å². The van der Waals surface area contributed by atoms with Gasteiger partial charge in [-0.1, -0.05) is 52.3 Å². The molecule has 0 saturated heterocycles. The van der Waals surface area contributed by atoms with Crippen LogP contribution in [0.4, 0.5) is 31.5 Å². The van der Waals surface area contributed by atoms with Crippen LogP contribution in [-0.2, 0) is 9.59 Å². The van der Waals surface area contributed by atoms with E-state index in [1.807, 2.05) is 17.6 Å². The van der Waals surface area contributed by atoms with Crippen molar-refractivity contribution < 1.29 is 58.7 Å². The van der Waals surface area contributed by atoms with Crippen molar-refractivity contribution in [2.24, 2.45) is 5.84 Å². The largest absolute Gasteiger partial charge is 0.505 e. The number of nitrogens with zero attached hydrogens (tertiary/aromatic N) is 5. The van der Waals surface area contributed by atoms with Crippen LogP contribution in [0.5, 0.6) is 11.5 Å². The van der Waals surface area contributed by atoms with Gasteiger partial charge >= 0.3 is 5.97 Å². The summed E-state index contributed by atoms with van der Waals surface area (Å²) in [7, 11) is 0. The van der Waals surface area contributed by atoms with Crippen LogP contribution in [0.15, 0.2) is 84.9 Å². The molecule has 0 aliphatic rings. The quantitative estimate of drug-likeness (QED) is 0.0249. The number of aliphatic hydroxyl groups is 2. The Kier molecular flexibility index (Phi) is 20.4. The monoisotopic (exact) mass is 993 g/mol. The lowest BCUT2D eigenvalue weighted by Gasteiger charge is -2.23. The van der Waals surface area contributed by atoms with Gasteiger partial charge in [0.1, 0.15) is 17.1 Å². The number of anilines is 2. The molecule has 3 amide bonds. The molecule has 0 saturated carbocycles. The molecule has 69 heavy (non-hydrogen) atoms. The predicted octanol–water partition coefficient (Wildman–Crippen LogP) is 5.91. The van der Waals surface area contributed by atoms with Gasteiger partial charge in [-0.25, -0.2) is 29.1 Å². The van der Waals surface area contributed by atoms with Crippen molar-refractivity contribution in [2.75, 3.05) is 10.6 Å². The number of hydrogen-bond donors (Lipinski definition) is 12. The summed E-state index contributed by atoms with van der Waals surface area (Å²) in [4.78, 5) is 53.5. The van der Waals surface area contributed by atoms with Crippen LogP contribution in [0, 0.1) is 38.6 Å². The van der Waals surface area contributed by atoms with Crippen molar-refractivity contribution in [1.82, 2.24) is 31.4 Å². The third-order valence-electron chi connectivity index (χ3n) is 9.29. The van der Waals surface area contributed by atoms with Crippen LogP contribution in [0.25, 0.3) is 20.7 Å². The summed E-state index contributed by atoms with van der Waals surface area (Å²) in [5.74, 6) is -1.41. The Morgan fingerprint density at radius 2 is 1.19 bits per heavy atom. The number of carbonyl (C=O) groups is 4. The number of aliphatic carboxylic acids is 1. The van der Waals surface area contributed by atoms with Crippen LogP contribution >= 0.6 is 23.2 Å². The Bertz CT molecular complexity index is 2910. The highest BCUT2D eigenvalue weighted by Crippen LogP contribution is 2.34. The van der Waals surface area contributed by atoms with Crippen LogP contribution in [0.1, 0.15) is 45.7 Å². The van der Waals surface area contributed by atoms with E-state index in [4.69, 9.17) is 57.6 Å². The maximum Gasteiger partial charge on any atom is 0.328 e. The first-order valence-corrected chi connectivity index (χ1v) is 20.3. The number of fused-ring (bicyclic) bond motifs is 1. The molecule has 0 spiro atoms. The number of halogens is 4. The van der Waals surface area contributed by atoms with E-state index in [0.29, 0.717) is 39.2 Å². The minimum absolute atomic E-state index is 0.0804. The summed E-state index contributed by atoms with van der Waals surface area (Å²) < 4.78 is 25.5. The van der Waals surface area contributed by atoms with E-state index < -0.39 is 71.1 Å². The molecule has 0 radical (unpaired) electrons. The smallest absolute Gasteiger partial charge is 0.328 e. The number of amides is 3. The van der Waals surface area contributed by atoms with Gasteiger partial charge in [0.2, 0.25) is 11.4 Å². The highest BCUT2D eigenvalue weighted by atomic mass is 35.5. The molecule has 4 atom stereocenters. The number of rotatable bonds is 10. The second-order valence-electron chi connectivity index (χ2n) is 14.1. The Hall–Kier alpha value is -8.32. The molecule has 0 unspecified atom stereocenters. The van der Waals surface area contributed by atoms with Crippen molar-refractivity contribution >= 4 is 80.7 Å². The van der Waals surface area contributed by atoms with Crippen molar-refractivity contribution in [3.63, 3.8) is 0 Å². The van der Waals surface area contributed by atoms with Gasteiger partial charge in [0, 0.05) is 22.5 Å². The Labute approximate surface area is 401 Å². The number of carboxylic acid groups (broad SMARTS) is 1. The van der Waals surface area contributed by atoms with E-state index in [9.17, 15) is 43.3 Å². The number of hydrogen-bond acceptors (Lipinski definition) is 14. The average Bonchev–Trinajstić information content (AvgIpc) is 3.70. The standard InChI is InChI=1S/C19H18ClFN4O4.C12H13ClN2O3.C7H7FN2O2.C6H5N3O/c1-9-13(6-7-14(22-3)16(9)20)23-17(10(2)26)19(29)25-24-18(28)11-4-5-12(21)15(27)8-11;1-6-8(4-5-9(14-3)10(6)13)15-11(7(2)16)12(17)18;8-5-2-1-4(3-6(5)11)7(12)10-9;10-9-6-4-2-1-3-5(6)7-8-9/h4-8,10,17,23,26-27H,1-2H3,(H,24,28)(H,25,29);4-5,7,11,15-16H,1-2H3,(H,17,18);1-3,11H,9H2,(H,10,12);1-4,10H/t10-,17-;7-,11-;;/m11../s1. The van der Waals surface area contributed by atoms with Crippen LogP contribution in [0.3, 0.4) is 0 Å². The molecule has 1 aromatic heterocycles. The normalized spacial score (nSPS) is 11.9. The number of nitrogens with one attached hydrogen (secondary N) is 5. The molecule has 0 aliphatic carbocycles. The number of aromatic hydroxyl groups is 2. The highest BCUT2D eigenvalue weighted by molar-refractivity contribution is 6.35. The second kappa shape index (κ2) is 25.6. The van der Waals surface area contributed by atoms with Gasteiger partial charge in [-0.3, -0.25) is 30.7 Å². The topological polar surface area (TPSA) is 315 Å². The molecule has 6 rings (SSSR count). The fourth-order valence-corrected chi connectivity index (χ4v) is 5.89. The number of phenolic OH excluding ortho intramolecular Hbond substituents is 2. The van der Waals surface area contributed by atoms with Gasteiger partial charge in [0.05, 0.1) is 35.4 Å². The summed E-state index contributed by atoms with van der Waals surface area (Å²) in [6.07, 6.45) is -2.21. The minimum Gasteiger partial charge on any atom is -0.505 e. The van der Waals surface area contributed by atoms with E-state index in [1.54, 1.807) is 38.1 Å². The number of aliphatic hydroxyl groups excluding tert-OH is 2. The summed E-state index contributed by atoms with van der Waals surface area (Å²) in [5.41, 5.74) is 10.1. The molecule has 0 aliphatic heterocycles. The number of para-hydroxylation sites is 1. The summed E-state index contributed by atoms with van der Waals surface area (Å²) >= 11 is 12.1. The van der Waals surface area contributed by atoms with Crippen molar-refractivity contribution in [3.8, 4) is 11.5 Å². The van der Waals surface area contributed by atoms with Crippen molar-refractivity contribution in [2.45, 2.75) is 52.0 Å². The highest BCUT2D eigenvalue weighted by Gasteiger charge is 2.26.